The molecule has 1 heterocycles. The Hall–Kier alpha value is -1.82. The van der Waals surface area contributed by atoms with E-state index in [0.29, 0.717) is 6.61 Å². The molecule has 108 valence electrons. The summed E-state index contributed by atoms with van der Waals surface area (Å²) >= 11 is 0. The second-order valence-corrected chi connectivity index (χ2v) is 4.76. The molecule has 0 bridgehead atoms. The molecule has 0 saturated carbocycles. The van der Waals surface area contributed by atoms with Gasteiger partial charge in [0.15, 0.2) is 5.78 Å². The van der Waals surface area contributed by atoms with Crippen LogP contribution in [0.15, 0.2) is 12.1 Å². The Morgan fingerprint density at radius 3 is 2.50 bits per heavy atom. The normalized spacial score (nSPS) is 18.1. The molecule has 0 radical (unpaired) electrons. The Kier molecular flexibility index (Phi) is 4.44. The lowest BCUT2D eigenvalue weighted by Crippen LogP contribution is -2.20. The van der Waals surface area contributed by atoms with E-state index in [4.69, 9.17) is 4.74 Å². The highest BCUT2D eigenvalue weighted by molar-refractivity contribution is 5.96. The Balaban J connectivity index is 2.08. The summed E-state index contributed by atoms with van der Waals surface area (Å²) in [5.41, 5.74) is -0.602. The number of nitrogens with one attached hydrogen (secondary N) is 1. The number of halogens is 2. The van der Waals surface area contributed by atoms with E-state index in [0.717, 1.165) is 25.0 Å². The van der Waals surface area contributed by atoms with E-state index in [-0.39, 0.29) is 18.1 Å². The molecule has 4 nitrogen and oxygen atoms in total. The van der Waals surface area contributed by atoms with Crippen molar-refractivity contribution in [1.29, 1.82) is 0 Å². The van der Waals surface area contributed by atoms with Gasteiger partial charge in [0.2, 0.25) is 5.91 Å². The molecule has 1 aliphatic heterocycles. The third kappa shape index (κ3) is 3.39. The molecule has 1 aliphatic rings. The van der Waals surface area contributed by atoms with Crippen molar-refractivity contribution in [3.8, 4) is 0 Å². The molecule has 2 rings (SSSR count). The van der Waals surface area contributed by atoms with Gasteiger partial charge in [0.05, 0.1) is 12.5 Å². The van der Waals surface area contributed by atoms with Crippen LogP contribution in [0.25, 0.3) is 0 Å². The van der Waals surface area contributed by atoms with Crippen LogP contribution >= 0.6 is 0 Å². The van der Waals surface area contributed by atoms with Crippen LogP contribution in [-0.4, -0.2) is 24.4 Å². The van der Waals surface area contributed by atoms with Crippen molar-refractivity contribution < 1.29 is 23.1 Å². The van der Waals surface area contributed by atoms with E-state index in [1.54, 1.807) is 0 Å². The van der Waals surface area contributed by atoms with Crippen molar-refractivity contribution in [3.63, 3.8) is 0 Å². The molecule has 1 fully saturated rings. The van der Waals surface area contributed by atoms with E-state index >= 15 is 0 Å². The molecule has 1 aromatic carbocycles. The van der Waals surface area contributed by atoms with E-state index in [1.807, 2.05) is 0 Å². The largest absolute Gasteiger partial charge is 0.378 e. The smallest absolute Gasteiger partial charge is 0.227 e. The fourth-order valence-corrected chi connectivity index (χ4v) is 2.10. The average Bonchev–Trinajstić information content (AvgIpc) is 2.86. The van der Waals surface area contributed by atoms with Crippen LogP contribution in [0.3, 0.4) is 0 Å². The maximum absolute atomic E-state index is 13.7. The first-order chi connectivity index (χ1) is 9.47. The average molecular weight is 283 g/mol. The molecule has 1 aromatic rings. The van der Waals surface area contributed by atoms with E-state index in [2.05, 4.69) is 5.32 Å². The molecule has 1 atom stereocenters. The van der Waals surface area contributed by atoms with Crippen molar-refractivity contribution in [1.82, 2.24) is 0 Å². The predicted molar refractivity (Wildman–Crippen MR) is 68.6 cm³/mol. The van der Waals surface area contributed by atoms with Gasteiger partial charge < -0.3 is 10.1 Å². The van der Waals surface area contributed by atoms with Crippen molar-refractivity contribution in [2.45, 2.75) is 32.3 Å². The number of Topliss-reactive ketones (excluding diaryl/α,β-unsaturated/α-hetero) is 1. The van der Waals surface area contributed by atoms with Gasteiger partial charge >= 0.3 is 0 Å². The van der Waals surface area contributed by atoms with Crippen LogP contribution in [0.1, 0.15) is 36.5 Å². The third-order valence-electron chi connectivity index (χ3n) is 3.15. The van der Waals surface area contributed by atoms with E-state index in [1.165, 1.54) is 6.92 Å². The Morgan fingerprint density at radius 2 is 2.00 bits per heavy atom. The van der Waals surface area contributed by atoms with Crippen LogP contribution in [0, 0.1) is 11.6 Å². The van der Waals surface area contributed by atoms with Crippen LogP contribution in [-0.2, 0) is 9.53 Å². The lowest BCUT2D eigenvalue weighted by molar-refractivity contribution is -0.118. The maximum atomic E-state index is 13.7. The van der Waals surface area contributed by atoms with E-state index < -0.39 is 29.0 Å². The monoisotopic (exact) mass is 283 g/mol. The standard InChI is InChI=1S/C14H15F2NO3/c1-8(18)9-5-11(15)14(12(16)6-9)17-13(19)7-10-3-2-4-20-10/h5-6,10H,2-4,7H2,1H3,(H,17,19)/t10-/m0/s1. The highest BCUT2D eigenvalue weighted by Gasteiger charge is 2.21. The van der Waals surface area contributed by atoms with Gasteiger partial charge in [0.25, 0.3) is 0 Å². The van der Waals surface area contributed by atoms with Crippen LogP contribution in [0.5, 0.6) is 0 Å². The van der Waals surface area contributed by atoms with Gasteiger partial charge in [0.1, 0.15) is 17.3 Å². The summed E-state index contributed by atoms with van der Waals surface area (Å²) in [6.45, 7) is 1.82. The Labute approximate surface area is 115 Å². The molecule has 0 unspecified atom stereocenters. The molecule has 0 spiro atoms. The topological polar surface area (TPSA) is 55.4 Å². The number of ketones is 1. The van der Waals surface area contributed by atoms with Gasteiger partial charge in [-0.1, -0.05) is 0 Å². The van der Waals surface area contributed by atoms with Crippen molar-refractivity contribution in [2.24, 2.45) is 0 Å². The van der Waals surface area contributed by atoms with Crippen molar-refractivity contribution in [3.05, 3.63) is 29.3 Å². The van der Waals surface area contributed by atoms with Crippen LogP contribution in [0.4, 0.5) is 14.5 Å². The molecule has 1 amide bonds. The van der Waals surface area contributed by atoms with Crippen molar-refractivity contribution >= 4 is 17.4 Å². The van der Waals surface area contributed by atoms with Gasteiger partial charge in [-0.15, -0.1) is 0 Å². The minimum absolute atomic E-state index is 0.0628. The summed E-state index contributed by atoms with van der Waals surface area (Å²) in [5, 5.41) is 2.19. The quantitative estimate of drug-likeness (QED) is 0.864. The first-order valence-corrected chi connectivity index (χ1v) is 6.39. The molecule has 1 N–H and O–H groups in total. The molecular formula is C14H15F2NO3. The lowest BCUT2D eigenvalue weighted by Gasteiger charge is -2.11. The van der Waals surface area contributed by atoms with Gasteiger partial charge in [-0.25, -0.2) is 8.78 Å². The first-order valence-electron chi connectivity index (χ1n) is 6.39. The minimum atomic E-state index is -0.962. The molecule has 20 heavy (non-hydrogen) atoms. The fraction of sp³-hybridized carbons (Fsp3) is 0.429. The van der Waals surface area contributed by atoms with Gasteiger partial charge in [-0.3, -0.25) is 9.59 Å². The number of benzene rings is 1. The van der Waals surface area contributed by atoms with Crippen LogP contribution in [0.2, 0.25) is 0 Å². The van der Waals surface area contributed by atoms with Gasteiger partial charge in [0, 0.05) is 12.2 Å². The number of carbonyl (C=O) groups is 2. The highest BCUT2D eigenvalue weighted by Crippen LogP contribution is 2.22. The second kappa shape index (κ2) is 6.09. The number of ether oxygens (including phenoxy) is 1. The van der Waals surface area contributed by atoms with Gasteiger partial charge in [-0.05, 0) is 31.9 Å². The number of hydrogen-bond acceptors (Lipinski definition) is 3. The zero-order valence-electron chi connectivity index (χ0n) is 11.0. The number of carbonyl (C=O) groups excluding carboxylic acids is 2. The summed E-state index contributed by atoms with van der Waals surface area (Å²) in [6, 6.07) is 1.82. The Bertz CT molecular complexity index is 516. The number of rotatable bonds is 4. The molecule has 0 aliphatic carbocycles. The lowest BCUT2D eigenvalue weighted by atomic mass is 10.1. The Morgan fingerprint density at radius 1 is 1.35 bits per heavy atom. The SMILES string of the molecule is CC(=O)c1cc(F)c(NC(=O)C[C@@H]2CCCO2)c(F)c1. The maximum Gasteiger partial charge on any atom is 0.227 e. The summed E-state index contributed by atoms with van der Waals surface area (Å²) in [4.78, 5) is 22.8. The highest BCUT2D eigenvalue weighted by atomic mass is 19.1. The van der Waals surface area contributed by atoms with Gasteiger partial charge in [-0.2, -0.15) is 0 Å². The second-order valence-electron chi connectivity index (χ2n) is 4.76. The summed E-state index contributed by atoms with van der Waals surface area (Å²) < 4.78 is 32.7. The summed E-state index contributed by atoms with van der Waals surface area (Å²) in [7, 11) is 0. The predicted octanol–water partition coefficient (Wildman–Crippen LogP) is 2.68. The first kappa shape index (κ1) is 14.6. The zero-order valence-corrected chi connectivity index (χ0v) is 11.0. The zero-order chi connectivity index (χ0) is 14.7. The van der Waals surface area contributed by atoms with Crippen LogP contribution < -0.4 is 5.32 Å². The summed E-state index contributed by atoms with van der Waals surface area (Å²) in [6.07, 6.45) is 1.51. The number of amides is 1. The third-order valence-corrected chi connectivity index (χ3v) is 3.15. The minimum Gasteiger partial charge on any atom is -0.378 e. The summed E-state index contributed by atoms with van der Waals surface area (Å²) in [5.74, 6) is -2.88. The molecule has 0 aromatic heterocycles. The number of hydrogen-bond donors (Lipinski definition) is 1. The molecular weight excluding hydrogens is 268 g/mol. The molecule has 6 heteroatoms. The fourth-order valence-electron chi connectivity index (χ4n) is 2.10. The van der Waals surface area contributed by atoms with E-state index in [9.17, 15) is 18.4 Å². The van der Waals surface area contributed by atoms with Crippen molar-refractivity contribution in [2.75, 3.05) is 11.9 Å². The number of anilines is 1. The molecule has 1 saturated heterocycles.